The third-order valence-electron chi connectivity index (χ3n) is 5.86. The normalized spacial score (nSPS) is 21.4. The van der Waals surface area contributed by atoms with Crippen LogP contribution in [0.2, 0.25) is 5.02 Å². The van der Waals surface area contributed by atoms with Crippen molar-refractivity contribution in [2.45, 2.75) is 32.2 Å². The first-order valence-corrected chi connectivity index (χ1v) is 9.49. The third kappa shape index (κ3) is 3.33. The topological polar surface area (TPSA) is 69.6 Å². The molecule has 6 heteroatoms. The Bertz CT molecular complexity index is 897. The van der Waals surface area contributed by atoms with Crippen LogP contribution in [0.5, 0.6) is 0 Å². The highest BCUT2D eigenvalue weighted by atomic mass is 35.5. The lowest BCUT2D eigenvalue weighted by Gasteiger charge is -2.33. The molecule has 1 aliphatic heterocycles. The number of hydrogen-bond donors (Lipinski definition) is 2. The zero-order chi connectivity index (χ0) is 19.0. The number of amides is 2. The van der Waals surface area contributed by atoms with Crippen molar-refractivity contribution in [1.29, 1.82) is 0 Å². The maximum absolute atomic E-state index is 13.2. The average molecular weight is 385 g/mol. The summed E-state index contributed by atoms with van der Waals surface area (Å²) < 4.78 is 0. The standard InChI is InChI=1S/C21H21ClN2O3/c22-18-5-1-14(2-6-18)13-24-10-9-21(20(24)26)8-7-15-3-4-16(19(25)23-27)11-17(15)12-21/h1-6,11,27H,7-10,12-13H2,(H,23,25)/t21-/m1/s1. The minimum Gasteiger partial charge on any atom is -0.338 e. The number of rotatable bonds is 3. The molecule has 0 aromatic heterocycles. The lowest BCUT2D eigenvalue weighted by atomic mass is 9.70. The molecule has 1 saturated heterocycles. The first kappa shape index (κ1) is 18.0. The Balaban J connectivity index is 1.54. The van der Waals surface area contributed by atoms with Crippen LogP contribution in [-0.4, -0.2) is 28.5 Å². The Morgan fingerprint density at radius 3 is 2.67 bits per heavy atom. The molecule has 4 rings (SSSR count). The number of nitrogens with zero attached hydrogens (tertiary/aromatic N) is 1. The summed E-state index contributed by atoms with van der Waals surface area (Å²) >= 11 is 5.94. The highest BCUT2D eigenvalue weighted by molar-refractivity contribution is 6.30. The quantitative estimate of drug-likeness (QED) is 0.629. The molecule has 5 nitrogen and oxygen atoms in total. The van der Waals surface area contributed by atoms with Gasteiger partial charge in [-0.2, -0.15) is 0 Å². The fourth-order valence-electron chi connectivity index (χ4n) is 4.32. The number of carbonyl (C=O) groups is 2. The molecule has 2 amide bonds. The summed E-state index contributed by atoms with van der Waals surface area (Å²) in [6.07, 6.45) is 3.14. The van der Waals surface area contributed by atoms with Gasteiger partial charge < -0.3 is 4.90 Å². The van der Waals surface area contributed by atoms with Gasteiger partial charge in [0.2, 0.25) is 5.91 Å². The molecule has 2 aliphatic rings. The van der Waals surface area contributed by atoms with Crippen molar-refractivity contribution in [2.75, 3.05) is 6.54 Å². The van der Waals surface area contributed by atoms with E-state index in [0.29, 0.717) is 23.6 Å². The highest BCUT2D eigenvalue weighted by Gasteiger charge is 2.47. The number of fused-ring (bicyclic) bond motifs is 1. The van der Waals surface area contributed by atoms with Crippen LogP contribution in [0.1, 0.15) is 39.9 Å². The Morgan fingerprint density at radius 1 is 1.15 bits per heavy atom. The molecular formula is C21H21ClN2O3. The number of hydroxylamine groups is 1. The van der Waals surface area contributed by atoms with Gasteiger partial charge in [0, 0.05) is 23.7 Å². The van der Waals surface area contributed by atoms with E-state index in [1.165, 1.54) is 5.56 Å². The van der Waals surface area contributed by atoms with Gasteiger partial charge in [-0.25, -0.2) is 5.48 Å². The first-order chi connectivity index (χ1) is 13.0. The van der Waals surface area contributed by atoms with Crippen molar-refractivity contribution < 1.29 is 14.8 Å². The fourth-order valence-corrected chi connectivity index (χ4v) is 4.44. The molecule has 2 aromatic carbocycles. The summed E-state index contributed by atoms with van der Waals surface area (Å²) in [6.45, 7) is 1.34. The van der Waals surface area contributed by atoms with Crippen LogP contribution in [0.15, 0.2) is 42.5 Å². The largest absolute Gasteiger partial charge is 0.338 e. The van der Waals surface area contributed by atoms with Gasteiger partial charge in [-0.15, -0.1) is 0 Å². The number of hydrogen-bond acceptors (Lipinski definition) is 3. The summed E-state index contributed by atoms with van der Waals surface area (Å²) in [6, 6.07) is 13.0. The van der Waals surface area contributed by atoms with E-state index in [1.54, 1.807) is 17.6 Å². The molecule has 0 saturated carbocycles. The van der Waals surface area contributed by atoms with Gasteiger partial charge >= 0.3 is 0 Å². The molecule has 1 atom stereocenters. The molecule has 1 spiro atoms. The summed E-state index contributed by atoms with van der Waals surface area (Å²) in [5, 5.41) is 9.55. The van der Waals surface area contributed by atoms with Gasteiger partial charge in [-0.3, -0.25) is 14.8 Å². The molecule has 27 heavy (non-hydrogen) atoms. The van der Waals surface area contributed by atoms with Crippen LogP contribution in [0, 0.1) is 5.41 Å². The summed E-state index contributed by atoms with van der Waals surface area (Å²) in [7, 11) is 0. The van der Waals surface area contributed by atoms with Gasteiger partial charge in [0.25, 0.3) is 5.91 Å². The van der Waals surface area contributed by atoms with Gasteiger partial charge in [0.15, 0.2) is 0 Å². The number of carbonyl (C=O) groups excluding carboxylic acids is 2. The zero-order valence-corrected chi connectivity index (χ0v) is 15.6. The van der Waals surface area contributed by atoms with Crippen LogP contribution in [0.25, 0.3) is 0 Å². The molecule has 1 aliphatic carbocycles. The summed E-state index contributed by atoms with van der Waals surface area (Å²) in [4.78, 5) is 26.9. The second kappa shape index (κ2) is 6.98. The minimum atomic E-state index is -0.528. The molecule has 2 aromatic rings. The molecule has 0 bridgehead atoms. The van der Waals surface area contributed by atoms with E-state index in [1.807, 2.05) is 35.2 Å². The molecule has 0 unspecified atom stereocenters. The number of benzene rings is 2. The number of aryl methyl sites for hydroxylation is 1. The van der Waals surface area contributed by atoms with Crippen LogP contribution in [0.4, 0.5) is 0 Å². The molecular weight excluding hydrogens is 364 g/mol. The van der Waals surface area contributed by atoms with Gasteiger partial charge in [0.05, 0.1) is 5.41 Å². The maximum Gasteiger partial charge on any atom is 0.274 e. The SMILES string of the molecule is O=C(NO)c1ccc2c(c1)C[C@@]1(CC2)CCN(Cc2ccc(Cl)cc2)C1=O. The van der Waals surface area contributed by atoms with Gasteiger partial charge in [-0.1, -0.05) is 29.8 Å². The second-order valence-corrected chi connectivity index (χ2v) is 7.92. The molecule has 1 fully saturated rings. The van der Waals surface area contributed by atoms with Crippen molar-refractivity contribution in [3.63, 3.8) is 0 Å². The Kier molecular flexibility index (Phi) is 4.66. The van der Waals surface area contributed by atoms with Crippen LogP contribution in [-0.2, 0) is 24.2 Å². The number of likely N-dealkylation sites (tertiary alicyclic amines) is 1. The van der Waals surface area contributed by atoms with E-state index < -0.39 is 5.91 Å². The van der Waals surface area contributed by atoms with Crippen molar-refractivity contribution in [3.05, 3.63) is 69.7 Å². The van der Waals surface area contributed by atoms with Gasteiger partial charge in [-0.05, 0) is 66.6 Å². The third-order valence-corrected chi connectivity index (χ3v) is 6.11. The maximum atomic E-state index is 13.2. The monoisotopic (exact) mass is 384 g/mol. The molecule has 1 heterocycles. The van der Waals surface area contributed by atoms with E-state index in [0.717, 1.165) is 36.9 Å². The van der Waals surface area contributed by atoms with E-state index in [4.69, 9.17) is 16.8 Å². The van der Waals surface area contributed by atoms with Gasteiger partial charge in [0.1, 0.15) is 0 Å². The average Bonchev–Trinajstić information content (AvgIpc) is 2.98. The Morgan fingerprint density at radius 2 is 1.93 bits per heavy atom. The number of halogens is 1. The van der Waals surface area contributed by atoms with Crippen LogP contribution >= 0.6 is 11.6 Å². The lowest BCUT2D eigenvalue weighted by Crippen LogP contribution is -2.38. The smallest absolute Gasteiger partial charge is 0.274 e. The van der Waals surface area contributed by atoms with Crippen molar-refractivity contribution in [3.8, 4) is 0 Å². The second-order valence-electron chi connectivity index (χ2n) is 7.48. The predicted octanol–water partition coefficient (Wildman–Crippen LogP) is 3.37. The summed E-state index contributed by atoms with van der Waals surface area (Å²) in [5.74, 6) is -0.334. The Hall–Kier alpha value is -2.37. The molecule has 0 radical (unpaired) electrons. The number of nitrogens with one attached hydrogen (secondary N) is 1. The highest BCUT2D eigenvalue weighted by Crippen LogP contribution is 2.44. The molecule has 2 N–H and O–H groups in total. The minimum absolute atomic E-state index is 0.195. The van der Waals surface area contributed by atoms with Crippen LogP contribution in [0.3, 0.4) is 0 Å². The van der Waals surface area contributed by atoms with Crippen molar-refractivity contribution >= 4 is 23.4 Å². The zero-order valence-electron chi connectivity index (χ0n) is 14.9. The van der Waals surface area contributed by atoms with Crippen LogP contribution < -0.4 is 5.48 Å². The lowest BCUT2D eigenvalue weighted by molar-refractivity contribution is -0.137. The van der Waals surface area contributed by atoms with E-state index in [-0.39, 0.29) is 11.3 Å². The van der Waals surface area contributed by atoms with E-state index >= 15 is 0 Å². The first-order valence-electron chi connectivity index (χ1n) is 9.11. The van der Waals surface area contributed by atoms with Crippen molar-refractivity contribution in [1.82, 2.24) is 10.4 Å². The van der Waals surface area contributed by atoms with Crippen molar-refractivity contribution in [2.24, 2.45) is 5.41 Å². The Labute approximate surface area is 162 Å². The van der Waals surface area contributed by atoms with E-state index in [2.05, 4.69) is 0 Å². The summed E-state index contributed by atoms with van der Waals surface area (Å²) in [5.41, 5.74) is 4.99. The van der Waals surface area contributed by atoms with E-state index in [9.17, 15) is 9.59 Å². The predicted molar refractivity (Wildman–Crippen MR) is 102 cm³/mol. The fraction of sp³-hybridized carbons (Fsp3) is 0.333. The molecule has 140 valence electrons.